The summed E-state index contributed by atoms with van der Waals surface area (Å²) in [5.41, 5.74) is 4.14. The molecule has 0 atom stereocenters. The second kappa shape index (κ2) is 8.21. The number of allylic oxidation sites excluding steroid dienone is 1. The van der Waals surface area contributed by atoms with Gasteiger partial charge in [-0.2, -0.15) is 4.31 Å². The Bertz CT molecular complexity index is 1110. The van der Waals surface area contributed by atoms with E-state index in [4.69, 9.17) is 0 Å². The van der Waals surface area contributed by atoms with E-state index in [9.17, 15) is 8.42 Å². The molecule has 1 heterocycles. The minimum atomic E-state index is -3.50. The van der Waals surface area contributed by atoms with Crippen LogP contribution in [-0.2, 0) is 15.4 Å². The summed E-state index contributed by atoms with van der Waals surface area (Å²) >= 11 is 0. The van der Waals surface area contributed by atoms with Crippen molar-refractivity contribution in [3.8, 4) is 0 Å². The van der Waals surface area contributed by atoms with Crippen LogP contribution in [0, 0.1) is 6.92 Å². The van der Waals surface area contributed by atoms with Crippen LogP contribution in [0.4, 0.5) is 0 Å². The summed E-state index contributed by atoms with van der Waals surface area (Å²) in [6.45, 7) is 7.38. The molecule has 1 aliphatic rings. The zero-order valence-electron chi connectivity index (χ0n) is 17.3. The van der Waals surface area contributed by atoms with Crippen molar-refractivity contribution < 1.29 is 8.42 Å². The molecule has 3 aromatic rings. The Morgan fingerprint density at radius 3 is 1.93 bits per heavy atom. The van der Waals surface area contributed by atoms with Gasteiger partial charge in [-0.1, -0.05) is 84.9 Å². The SMILES string of the molecule is C=C(c1ccccc1)C1(c2ccccc2)CCN(S(=O)(=O)c2ccc(C)cc2)CC1. The van der Waals surface area contributed by atoms with Gasteiger partial charge in [0.05, 0.1) is 4.90 Å². The first kappa shape index (κ1) is 20.6. The molecule has 0 spiro atoms. The smallest absolute Gasteiger partial charge is 0.207 e. The molecule has 1 fully saturated rings. The van der Waals surface area contributed by atoms with Gasteiger partial charge in [-0.15, -0.1) is 0 Å². The Morgan fingerprint density at radius 1 is 0.833 bits per heavy atom. The van der Waals surface area contributed by atoms with Crippen molar-refractivity contribution in [2.24, 2.45) is 0 Å². The molecular formula is C26H27NO2S. The van der Waals surface area contributed by atoms with Crippen LogP contribution in [0.3, 0.4) is 0 Å². The summed E-state index contributed by atoms with van der Waals surface area (Å²) in [5.74, 6) is 0. The molecule has 0 N–H and O–H groups in total. The molecule has 154 valence electrons. The van der Waals surface area contributed by atoms with Crippen LogP contribution in [0.15, 0.2) is 96.4 Å². The minimum Gasteiger partial charge on any atom is -0.207 e. The van der Waals surface area contributed by atoms with Gasteiger partial charge in [0.2, 0.25) is 10.0 Å². The Kier molecular flexibility index (Phi) is 5.63. The Morgan fingerprint density at radius 2 is 1.37 bits per heavy atom. The van der Waals surface area contributed by atoms with E-state index in [1.54, 1.807) is 16.4 Å². The van der Waals surface area contributed by atoms with Gasteiger partial charge in [0.1, 0.15) is 0 Å². The van der Waals surface area contributed by atoms with Crippen molar-refractivity contribution in [3.63, 3.8) is 0 Å². The van der Waals surface area contributed by atoms with E-state index >= 15 is 0 Å². The van der Waals surface area contributed by atoms with Gasteiger partial charge in [0, 0.05) is 18.5 Å². The predicted molar refractivity (Wildman–Crippen MR) is 123 cm³/mol. The first-order chi connectivity index (χ1) is 14.4. The fraction of sp³-hybridized carbons (Fsp3) is 0.231. The Labute approximate surface area is 179 Å². The quantitative estimate of drug-likeness (QED) is 0.555. The van der Waals surface area contributed by atoms with Gasteiger partial charge in [0.25, 0.3) is 0 Å². The minimum absolute atomic E-state index is 0.276. The van der Waals surface area contributed by atoms with Crippen LogP contribution in [0.2, 0.25) is 0 Å². The maximum Gasteiger partial charge on any atom is 0.243 e. The van der Waals surface area contributed by atoms with Crippen LogP contribution < -0.4 is 0 Å². The van der Waals surface area contributed by atoms with Crippen molar-refractivity contribution in [1.82, 2.24) is 4.31 Å². The van der Waals surface area contributed by atoms with Crippen LogP contribution in [-0.4, -0.2) is 25.8 Å². The predicted octanol–water partition coefficient (Wildman–Crippen LogP) is 5.43. The molecule has 4 rings (SSSR count). The number of sulfonamides is 1. The van der Waals surface area contributed by atoms with Crippen molar-refractivity contribution >= 4 is 15.6 Å². The lowest BCUT2D eigenvalue weighted by Gasteiger charge is -2.43. The number of piperidine rings is 1. The molecule has 3 nitrogen and oxygen atoms in total. The summed E-state index contributed by atoms with van der Waals surface area (Å²) in [6.07, 6.45) is 1.41. The highest BCUT2D eigenvalue weighted by Gasteiger charge is 2.41. The van der Waals surface area contributed by atoms with Gasteiger partial charge < -0.3 is 0 Å². The molecule has 0 aliphatic carbocycles. The summed E-state index contributed by atoms with van der Waals surface area (Å²) in [7, 11) is -3.50. The molecule has 0 unspecified atom stereocenters. The van der Waals surface area contributed by atoms with Crippen molar-refractivity contribution in [2.45, 2.75) is 30.1 Å². The normalized spacial score (nSPS) is 16.8. The number of benzene rings is 3. The molecular weight excluding hydrogens is 390 g/mol. The summed E-state index contributed by atoms with van der Waals surface area (Å²) in [4.78, 5) is 0.363. The third kappa shape index (κ3) is 3.73. The number of rotatable bonds is 5. The van der Waals surface area contributed by atoms with E-state index in [1.165, 1.54) is 5.56 Å². The number of hydrogen-bond donors (Lipinski definition) is 0. The maximum atomic E-state index is 13.2. The topological polar surface area (TPSA) is 37.4 Å². The van der Waals surface area contributed by atoms with E-state index < -0.39 is 10.0 Å². The number of nitrogens with zero attached hydrogens (tertiary/aromatic N) is 1. The third-order valence-electron chi connectivity index (χ3n) is 6.26. The summed E-state index contributed by atoms with van der Waals surface area (Å²) in [5, 5.41) is 0. The first-order valence-corrected chi connectivity index (χ1v) is 11.7. The largest absolute Gasteiger partial charge is 0.243 e. The van der Waals surface area contributed by atoms with E-state index in [0.29, 0.717) is 30.8 Å². The molecule has 1 saturated heterocycles. The number of aryl methyl sites for hydroxylation is 1. The highest BCUT2D eigenvalue weighted by atomic mass is 32.2. The van der Waals surface area contributed by atoms with Crippen molar-refractivity contribution in [2.75, 3.05) is 13.1 Å². The summed E-state index contributed by atoms with van der Waals surface area (Å²) in [6, 6.07) is 27.7. The molecule has 4 heteroatoms. The standard InChI is InChI=1S/C26H27NO2S/c1-21-13-15-25(16-14-21)30(28,29)27-19-17-26(18-20-27,24-11-7-4-8-12-24)22(2)23-9-5-3-6-10-23/h3-16H,2,17-20H2,1H3. The zero-order valence-corrected chi connectivity index (χ0v) is 18.1. The maximum absolute atomic E-state index is 13.2. The molecule has 0 aromatic heterocycles. The second-order valence-corrected chi connectivity index (χ2v) is 9.95. The lowest BCUT2D eigenvalue weighted by atomic mass is 9.66. The van der Waals surface area contributed by atoms with E-state index in [-0.39, 0.29) is 5.41 Å². The summed E-state index contributed by atoms with van der Waals surface area (Å²) < 4.78 is 28.0. The average Bonchev–Trinajstić information content (AvgIpc) is 2.80. The lowest BCUT2D eigenvalue weighted by Crippen LogP contribution is -2.45. The third-order valence-corrected chi connectivity index (χ3v) is 8.17. The molecule has 0 radical (unpaired) electrons. The molecule has 30 heavy (non-hydrogen) atoms. The fourth-order valence-corrected chi connectivity index (χ4v) is 5.85. The van der Waals surface area contributed by atoms with E-state index in [2.05, 4.69) is 30.8 Å². The Hall–Kier alpha value is -2.69. The van der Waals surface area contributed by atoms with E-state index in [0.717, 1.165) is 16.7 Å². The van der Waals surface area contributed by atoms with Crippen molar-refractivity contribution in [3.05, 3.63) is 108 Å². The van der Waals surface area contributed by atoms with Crippen LogP contribution in [0.5, 0.6) is 0 Å². The van der Waals surface area contributed by atoms with Crippen LogP contribution in [0.1, 0.15) is 29.5 Å². The Balaban J connectivity index is 1.65. The molecule has 0 bridgehead atoms. The lowest BCUT2D eigenvalue weighted by molar-refractivity contribution is 0.279. The molecule has 0 saturated carbocycles. The fourth-order valence-electron chi connectivity index (χ4n) is 4.41. The van der Waals surface area contributed by atoms with Crippen LogP contribution >= 0.6 is 0 Å². The average molecular weight is 418 g/mol. The molecule has 3 aromatic carbocycles. The van der Waals surface area contributed by atoms with Gasteiger partial charge in [-0.25, -0.2) is 8.42 Å². The van der Waals surface area contributed by atoms with Gasteiger partial charge in [0.15, 0.2) is 0 Å². The highest BCUT2D eigenvalue weighted by molar-refractivity contribution is 7.89. The van der Waals surface area contributed by atoms with Crippen LogP contribution in [0.25, 0.3) is 5.57 Å². The van der Waals surface area contributed by atoms with E-state index in [1.807, 2.05) is 55.5 Å². The second-order valence-electron chi connectivity index (χ2n) is 8.01. The number of hydrogen-bond acceptors (Lipinski definition) is 2. The zero-order chi connectivity index (χ0) is 21.2. The van der Waals surface area contributed by atoms with Gasteiger partial charge in [-0.05, 0) is 48.6 Å². The van der Waals surface area contributed by atoms with Crippen molar-refractivity contribution in [1.29, 1.82) is 0 Å². The monoisotopic (exact) mass is 417 g/mol. The highest BCUT2D eigenvalue weighted by Crippen LogP contribution is 2.46. The van der Waals surface area contributed by atoms with Gasteiger partial charge in [-0.3, -0.25) is 0 Å². The first-order valence-electron chi connectivity index (χ1n) is 10.3. The molecule has 0 amide bonds. The van der Waals surface area contributed by atoms with Gasteiger partial charge >= 0.3 is 0 Å². The molecule has 1 aliphatic heterocycles.